The Hall–Kier alpha value is -0.680. The quantitative estimate of drug-likeness (QED) is 0.905. The highest BCUT2D eigenvalue weighted by atomic mass is 35.5. The average Bonchev–Trinajstić information content (AvgIpc) is 2.89. The molecule has 0 aromatic heterocycles. The third-order valence-corrected chi connectivity index (χ3v) is 5.52. The maximum atomic E-state index is 13.8. The highest BCUT2D eigenvalue weighted by molar-refractivity contribution is 6.30. The molecule has 1 aromatic rings. The van der Waals surface area contributed by atoms with Gasteiger partial charge >= 0.3 is 0 Å². The van der Waals surface area contributed by atoms with Crippen LogP contribution < -0.4 is 5.32 Å². The second kappa shape index (κ2) is 7.47. The van der Waals surface area contributed by atoms with Crippen LogP contribution in [0.5, 0.6) is 0 Å². The fourth-order valence-electron chi connectivity index (χ4n) is 3.96. The van der Waals surface area contributed by atoms with Crippen LogP contribution in [0.15, 0.2) is 18.2 Å². The molecule has 128 valence electrons. The molecule has 4 atom stereocenters. The van der Waals surface area contributed by atoms with E-state index in [1.54, 1.807) is 12.1 Å². The number of hydrogen-bond donors (Lipinski definition) is 1. The van der Waals surface area contributed by atoms with Gasteiger partial charge in [-0.25, -0.2) is 4.39 Å². The third-order valence-electron chi connectivity index (χ3n) is 5.21. The van der Waals surface area contributed by atoms with Gasteiger partial charge in [0, 0.05) is 25.2 Å². The first kappa shape index (κ1) is 17.2. The second-order valence-electron chi connectivity index (χ2n) is 6.96. The average molecular weight is 341 g/mol. The van der Waals surface area contributed by atoms with Crippen LogP contribution in [0.2, 0.25) is 5.02 Å². The monoisotopic (exact) mass is 340 g/mol. The lowest BCUT2D eigenvalue weighted by molar-refractivity contribution is 0.0125. The van der Waals surface area contributed by atoms with E-state index in [0.717, 1.165) is 44.5 Å². The van der Waals surface area contributed by atoms with Gasteiger partial charge in [0.05, 0.1) is 11.1 Å². The van der Waals surface area contributed by atoms with Crippen LogP contribution in [-0.2, 0) is 4.74 Å². The Balaban J connectivity index is 1.65. The number of halogens is 2. The number of likely N-dealkylation sites (tertiary alicyclic amines) is 1. The van der Waals surface area contributed by atoms with E-state index >= 15 is 0 Å². The van der Waals surface area contributed by atoms with Crippen molar-refractivity contribution in [3.8, 4) is 0 Å². The SMILES string of the molecule is CC1CC(NCC2CCN(C)C2c2ccc(Cl)c(F)c2)CCO1. The van der Waals surface area contributed by atoms with Crippen molar-refractivity contribution in [2.45, 2.75) is 44.4 Å². The molecular formula is C18H26ClFN2O. The molecule has 0 saturated carbocycles. The van der Waals surface area contributed by atoms with Crippen molar-refractivity contribution >= 4 is 11.6 Å². The van der Waals surface area contributed by atoms with Crippen molar-refractivity contribution in [1.29, 1.82) is 0 Å². The molecule has 0 spiro atoms. The van der Waals surface area contributed by atoms with E-state index in [9.17, 15) is 4.39 Å². The predicted molar refractivity (Wildman–Crippen MR) is 91.3 cm³/mol. The molecule has 1 aromatic carbocycles. The summed E-state index contributed by atoms with van der Waals surface area (Å²) in [6, 6.07) is 6.02. The molecule has 23 heavy (non-hydrogen) atoms. The summed E-state index contributed by atoms with van der Waals surface area (Å²) in [5, 5.41) is 3.91. The Morgan fingerprint density at radius 1 is 1.39 bits per heavy atom. The summed E-state index contributed by atoms with van der Waals surface area (Å²) >= 11 is 5.82. The van der Waals surface area contributed by atoms with Crippen molar-refractivity contribution in [3.05, 3.63) is 34.6 Å². The van der Waals surface area contributed by atoms with Gasteiger partial charge in [-0.1, -0.05) is 17.7 Å². The zero-order valence-electron chi connectivity index (χ0n) is 13.9. The molecule has 4 unspecified atom stereocenters. The number of rotatable bonds is 4. The first-order chi connectivity index (χ1) is 11.0. The summed E-state index contributed by atoms with van der Waals surface area (Å²) in [5.41, 5.74) is 1.03. The van der Waals surface area contributed by atoms with Crippen molar-refractivity contribution in [1.82, 2.24) is 10.2 Å². The maximum absolute atomic E-state index is 13.8. The molecule has 2 heterocycles. The van der Waals surface area contributed by atoms with E-state index in [-0.39, 0.29) is 16.9 Å². The van der Waals surface area contributed by atoms with Crippen molar-refractivity contribution in [2.75, 3.05) is 26.7 Å². The standard InChI is InChI=1S/C18H26ClFN2O/c1-12-9-15(6-8-23-12)21-11-14-5-7-22(2)18(14)13-3-4-16(19)17(20)10-13/h3-4,10,12,14-15,18,21H,5-9,11H2,1-2H3. The molecule has 2 aliphatic heterocycles. The predicted octanol–water partition coefficient (Wildman–Crippen LogP) is 3.63. The van der Waals surface area contributed by atoms with E-state index in [4.69, 9.17) is 16.3 Å². The van der Waals surface area contributed by atoms with Gasteiger partial charge < -0.3 is 10.1 Å². The topological polar surface area (TPSA) is 24.5 Å². The lowest BCUT2D eigenvalue weighted by Gasteiger charge is -2.31. The van der Waals surface area contributed by atoms with Crippen LogP contribution in [0, 0.1) is 11.7 Å². The Labute approximate surface area is 143 Å². The van der Waals surface area contributed by atoms with Crippen LogP contribution in [0.1, 0.15) is 37.8 Å². The van der Waals surface area contributed by atoms with Crippen LogP contribution in [0.4, 0.5) is 4.39 Å². The summed E-state index contributed by atoms with van der Waals surface area (Å²) in [7, 11) is 2.12. The number of hydrogen-bond acceptors (Lipinski definition) is 3. The molecule has 0 aliphatic carbocycles. The number of benzene rings is 1. The third kappa shape index (κ3) is 4.05. The van der Waals surface area contributed by atoms with Gasteiger partial charge in [-0.15, -0.1) is 0 Å². The van der Waals surface area contributed by atoms with E-state index < -0.39 is 0 Å². The minimum absolute atomic E-state index is 0.195. The van der Waals surface area contributed by atoms with Crippen molar-refractivity contribution in [2.24, 2.45) is 5.92 Å². The van der Waals surface area contributed by atoms with Gasteiger partial charge in [-0.2, -0.15) is 0 Å². The molecule has 0 bridgehead atoms. The van der Waals surface area contributed by atoms with Gasteiger partial charge in [0.25, 0.3) is 0 Å². The molecule has 2 aliphatic rings. The Bertz CT molecular complexity index is 542. The molecule has 0 radical (unpaired) electrons. The van der Waals surface area contributed by atoms with E-state index in [2.05, 4.69) is 24.2 Å². The zero-order chi connectivity index (χ0) is 16.4. The molecule has 2 fully saturated rings. The highest BCUT2D eigenvalue weighted by Crippen LogP contribution is 2.36. The Morgan fingerprint density at radius 3 is 2.96 bits per heavy atom. The largest absolute Gasteiger partial charge is 0.378 e. The summed E-state index contributed by atoms with van der Waals surface area (Å²) in [4.78, 5) is 2.32. The number of nitrogens with one attached hydrogen (secondary N) is 1. The second-order valence-corrected chi connectivity index (χ2v) is 7.37. The number of nitrogens with zero attached hydrogens (tertiary/aromatic N) is 1. The van der Waals surface area contributed by atoms with Crippen LogP contribution in [0.25, 0.3) is 0 Å². The van der Waals surface area contributed by atoms with Gasteiger partial charge in [-0.3, -0.25) is 4.90 Å². The molecule has 3 nitrogen and oxygen atoms in total. The molecule has 1 N–H and O–H groups in total. The van der Waals surface area contributed by atoms with E-state index in [1.807, 2.05) is 6.07 Å². The van der Waals surface area contributed by atoms with E-state index in [1.165, 1.54) is 0 Å². The normalized spacial score (nSPS) is 32.3. The van der Waals surface area contributed by atoms with Crippen LogP contribution in [-0.4, -0.2) is 43.8 Å². The molecule has 0 amide bonds. The van der Waals surface area contributed by atoms with Crippen molar-refractivity contribution in [3.63, 3.8) is 0 Å². The van der Waals surface area contributed by atoms with Gasteiger partial charge in [0.15, 0.2) is 0 Å². The van der Waals surface area contributed by atoms with E-state index in [0.29, 0.717) is 18.1 Å². The zero-order valence-corrected chi connectivity index (χ0v) is 14.7. The van der Waals surface area contributed by atoms with Crippen molar-refractivity contribution < 1.29 is 9.13 Å². The lowest BCUT2D eigenvalue weighted by Crippen LogP contribution is -2.41. The Morgan fingerprint density at radius 2 is 2.22 bits per heavy atom. The minimum atomic E-state index is -0.325. The fraction of sp³-hybridized carbons (Fsp3) is 0.667. The molecular weight excluding hydrogens is 315 g/mol. The molecule has 5 heteroatoms. The molecule has 3 rings (SSSR count). The fourth-order valence-corrected chi connectivity index (χ4v) is 4.08. The number of ether oxygens (including phenoxy) is 1. The smallest absolute Gasteiger partial charge is 0.142 e. The van der Waals surface area contributed by atoms with Crippen LogP contribution in [0.3, 0.4) is 0 Å². The summed E-state index contributed by atoms with van der Waals surface area (Å²) in [6.45, 7) is 4.99. The highest BCUT2D eigenvalue weighted by Gasteiger charge is 2.33. The van der Waals surface area contributed by atoms with Gasteiger partial charge in [0.1, 0.15) is 5.82 Å². The lowest BCUT2D eigenvalue weighted by atomic mass is 9.93. The maximum Gasteiger partial charge on any atom is 0.142 e. The summed E-state index contributed by atoms with van der Waals surface area (Å²) in [6.07, 6.45) is 3.63. The minimum Gasteiger partial charge on any atom is -0.378 e. The first-order valence-corrected chi connectivity index (χ1v) is 8.92. The first-order valence-electron chi connectivity index (χ1n) is 8.54. The van der Waals surface area contributed by atoms with Crippen LogP contribution >= 0.6 is 11.6 Å². The summed E-state index contributed by atoms with van der Waals surface area (Å²) in [5.74, 6) is 0.174. The van der Waals surface area contributed by atoms with Gasteiger partial charge in [-0.05, 0) is 63.4 Å². The van der Waals surface area contributed by atoms with Gasteiger partial charge in [0.2, 0.25) is 0 Å². The summed E-state index contributed by atoms with van der Waals surface area (Å²) < 4.78 is 19.4. The molecule has 2 saturated heterocycles. The Kier molecular flexibility index (Phi) is 5.57.